The van der Waals surface area contributed by atoms with Crippen molar-refractivity contribution in [3.8, 4) is 0 Å². The summed E-state index contributed by atoms with van der Waals surface area (Å²) in [5.74, 6) is -0.675. The zero-order chi connectivity index (χ0) is 7.11. The minimum Gasteiger partial charge on any atom is -0.481 e. The molecule has 0 aromatic carbocycles. The van der Waals surface area contributed by atoms with Crippen LogP contribution in [0.15, 0.2) is 0 Å². The number of aliphatic carboxylic acids is 1. The minimum atomic E-state index is -0.675. The molecule has 0 saturated carbocycles. The lowest BCUT2D eigenvalue weighted by atomic mass is 10.2. The van der Waals surface area contributed by atoms with Crippen LogP contribution < -0.4 is 0 Å². The summed E-state index contributed by atoms with van der Waals surface area (Å²) in [5.41, 5.74) is 0. The Hall–Kier alpha value is -0.610. The molecule has 0 unspecified atom stereocenters. The molecule has 0 saturated heterocycles. The van der Waals surface area contributed by atoms with Gasteiger partial charge < -0.3 is 16.1 Å². The third-order valence-corrected chi connectivity index (χ3v) is 1.24. The Kier molecular flexibility index (Phi) is 18.5. The van der Waals surface area contributed by atoms with Crippen molar-refractivity contribution in [2.75, 3.05) is 0 Å². The molecule has 0 heterocycles. The molecule has 4 nitrogen and oxygen atoms in total. The van der Waals surface area contributed by atoms with Crippen molar-refractivity contribution in [2.24, 2.45) is 0 Å². The molecule has 0 bridgehead atoms. The van der Waals surface area contributed by atoms with E-state index in [0.717, 1.165) is 19.3 Å². The number of carboxylic acids is 1. The molecule has 0 fully saturated rings. The first-order chi connectivity index (χ1) is 4.27. The quantitative estimate of drug-likeness (QED) is 0.597. The minimum absolute atomic E-state index is 0. The maximum atomic E-state index is 9.96. The molecule has 0 radical (unpaired) electrons. The molecule has 0 rings (SSSR count). The average molecular weight is 166 g/mol. The summed E-state index contributed by atoms with van der Waals surface area (Å²) in [6.45, 7) is 2.11. The van der Waals surface area contributed by atoms with Crippen LogP contribution in [0.4, 0.5) is 0 Å². The van der Waals surface area contributed by atoms with E-state index in [2.05, 4.69) is 6.92 Å². The highest BCUT2D eigenvalue weighted by atomic mass is 16.4. The van der Waals surface area contributed by atoms with E-state index in [1.165, 1.54) is 6.42 Å². The van der Waals surface area contributed by atoms with Gasteiger partial charge in [0.25, 0.3) is 0 Å². The predicted molar refractivity (Wildman–Crippen MR) is 43.6 cm³/mol. The normalized spacial score (nSPS) is 7.73. The fraction of sp³-hybridized carbons (Fsp3) is 0.857. The Morgan fingerprint density at radius 1 is 1.18 bits per heavy atom. The van der Waals surface area contributed by atoms with Crippen molar-refractivity contribution in [3.63, 3.8) is 0 Å². The standard InChI is InChI=1S/C7H14O2.2H2O/c1-2-3-4-5-6-7(8)9;;/h2-6H2,1H3,(H,8,9);2*1H2. The first kappa shape index (κ1) is 16.8. The molecular formula is C7H18O4. The number of carbonyl (C=O) groups is 1. The maximum Gasteiger partial charge on any atom is 0.303 e. The Labute approximate surface area is 66.8 Å². The topological polar surface area (TPSA) is 100 Å². The molecule has 4 heteroatoms. The number of hydrogen-bond acceptors (Lipinski definition) is 1. The van der Waals surface area contributed by atoms with Crippen molar-refractivity contribution in [3.05, 3.63) is 0 Å². The second-order valence-corrected chi connectivity index (χ2v) is 2.20. The fourth-order valence-corrected chi connectivity index (χ4v) is 0.703. The van der Waals surface area contributed by atoms with E-state index in [-0.39, 0.29) is 11.0 Å². The monoisotopic (exact) mass is 166 g/mol. The number of unbranched alkanes of at least 4 members (excludes halogenated alkanes) is 3. The van der Waals surface area contributed by atoms with Gasteiger partial charge in [-0.25, -0.2) is 0 Å². The summed E-state index contributed by atoms with van der Waals surface area (Å²) in [4.78, 5) is 9.96. The van der Waals surface area contributed by atoms with Crippen LogP contribution in [0, 0.1) is 0 Å². The smallest absolute Gasteiger partial charge is 0.303 e. The molecule has 0 atom stereocenters. The van der Waals surface area contributed by atoms with Gasteiger partial charge in [-0.05, 0) is 6.42 Å². The molecule has 0 aromatic heterocycles. The predicted octanol–water partition coefficient (Wildman–Crippen LogP) is 0.392. The first-order valence-electron chi connectivity index (χ1n) is 3.49. The van der Waals surface area contributed by atoms with Gasteiger partial charge in [-0.3, -0.25) is 4.79 Å². The van der Waals surface area contributed by atoms with Crippen LogP contribution in [0.1, 0.15) is 39.0 Å². The third kappa shape index (κ3) is 17.7. The van der Waals surface area contributed by atoms with Crippen LogP contribution in [0.2, 0.25) is 0 Å². The summed E-state index contributed by atoms with van der Waals surface area (Å²) >= 11 is 0. The molecule has 0 amide bonds. The summed E-state index contributed by atoms with van der Waals surface area (Å²) in [7, 11) is 0. The second-order valence-electron chi connectivity index (χ2n) is 2.20. The fourth-order valence-electron chi connectivity index (χ4n) is 0.703. The van der Waals surface area contributed by atoms with E-state index in [1.807, 2.05) is 0 Å². The molecule has 0 aliphatic carbocycles. The highest BCUT2D eigenvalue weighted by Crippen LogP contribution is 2.01. The molecule has 70 valence electrons. The zero-order valence-corrected chi connectivity index (χ0v) is 6.89. The summed E-state index contributed by atoms with van der Waals surface area (Å²) in [6.07, 6.45) is 4.55. The summed E-state index contributed by atoms with van der Waals surface area (Å²) in [6, 6.07) is 0. The highest BCUT2D eigenvalue weighted by molar-refractivity contribution is 5.66. The van der Waals surface area contributed by atoms with Crippen molar-refractivity contribution >= 4 is 5.97 Å². The number of hydrogen-bond donors (Lipinski definition) is 1. The molecule has 0 aliphatic heterocycles. The lowest BCUT2D eigenvalue weighted by Crippen LogP contribution is -1.92. The van der Waals surface area contributed by atoms with Crippen molar-refractivity contribution in [1.82, 2.24) is 0 Å². The molecule has 5 N–H and O–H groups in total. The molecule has 11 heavy (non-hydrogen) atoms. The van der Waals surface area contributed by atoms with Crippen LogP contribution in [0.5, 0.6) is 0 Å². The molecular weight excluding hydrogens is 148 g/mol. The second kappa shape index (κ2) is 12.1. The van der Waals surface area contributed by atoms with Gasteiger partial charge in [-0.2, -0.15) is 0 Å². The van der Waals surface area contributed by atoms with Crippen LogP contribution >= 0.6 is 0 Å². The van der Waals surface area contributed by atoms with Gasteiger partial charge in [0.1, 0.15) is 0 Å². The van der Waals surface area contributed by atoms with Gasteiger partial charge >= 0.3 is 5.97 Å². The zero-order valence-electron chi connectivity index (χ0n) is 6.89. The Balaban J connectivity index is -0.000000320. The Morgan fingerprint density at radius 2 is 1.73 bits per heavy atom. The lowest BCUT2D eigenvalue weighted by molar-refractivity contribution is -0.137. The van der Waals surface area contributed by atoms with E-state index in [1.54, 1.807) is 0 Å². The first-order valence-corrected chi connectivity index (χ1v) is 3.49. The largest absolute Gasteiger partial charge is 0.481 e. The summed E-state index contributed by atoms with van der Waals surface area (Å²) < 4.78 is 0. The van der Waals surface area contributed by atoms with Crippen LogP contribution in [-0.4, -0.2) is 22.0 Å². The van der Waals surface area contributed by atoms with Crippen LogP contribution in [0.25, 0.3) is 0 Å². The van der Waals surface area contributed by atoms with Gasteiger partial charge in [-0.15, -0.1) is 0 Å². The number of rotatable bonds is 5. The van der Waals surface area contributed by atoms with Crippen molar-refractivity contribution in [2.45, 2.75) is 39.0 Å². The third-order valence-electron chi connectivity index (χ3n) is 1.24. The van der Waals surface area contributed by atoms with E-state index < -0.39 is 5.97 Å². The maximum absolute atomic E-state index is 9.96. The van der Waals surface area contributed by atoms with Gasteiger partial charge in [-0.1, -0.05) is 26.2 Å². The molecule has 0 spiro atoms. The van der Waals surface area contributed by atoms with E-state index in [4.69, 9.17) is 5.11 Å². The SMILES string of the molecule is CCCCCCC(=O)O.O.O. The van der Waals surface area contributed by atoms with E-state index in [9.17, 15) is 4.79 Å². The van der Waals surface area contributed by atoms with Gasteiger partial charge in [0.05, 0.1) is 0 Å². The van der Waals surface area contributed by atoms with E-state index >= 15 is 0 Å². The van der Waals surface area contributed by atoms with Crippen LogP contribution in [0.3, 0.4) is 0 Å². The number of carboxylic acid groups (broad SMARTS) is 1. The summed E-state index contributed by atoms with van der Waals surface area (Å²) in [5, 5.41) is 8.21. The molecule has 0 aliphatic rings. The van der Waals surface area contributed by atoms with Gasteiger partial charge in [0.2, 0.25) is 0 Å². The van der Waals surface area contributed by atoms with Gasteiger partial charge in [0.15, 0.2) is 0 Å². The Bertz CT molecular complexity index is 82.5. The van der Waals surface area contributed by atoms with Gasteiger partial charge in [0, 0.05) is 6.42 Å². The van der Waals surface area contributed by atoms with Crippen molar-refractivity contribution < 1.29 is 20.9 Å². The van der Waals surface area contributed by atoms with Crippen molar-refractivity contribution in [1.29, 1.82) is 0 Å². The Morgan fingerprint density at radius 3 is 2.09 bits per heavy atom. The average Bonchev–Trinajstić information content (AvgIpc) is 1.80. The van der Waals surface area contributed by atoms with Crippen LogP contribution in [-0.2, 0) is 4.79 Å². The lowest BCUT2D eigenvalue weighted by Gasteiger charge is -1.92. The van der Waals surface area contributed by atoms with E-state index in [0.29, 0.717) is 6.42 Å². The molecule has 0 aromatic rings. The highest BCUT2D eigenvalue weighted by Gasteiger charge is 1.93.